The third kappa shape index (κ3) is 3.73. The van der Waals surface area contributed by atoms with E-state index in [1.165, 1.54) is 6.92 Å². The first kappa shape index (κ1) is 8.17. The van der Waals surface area contributed by atoms with Gasteiger partial charge in [0.2, 0.25) is 0 Å². The number of carbonyl (C=O) groups excluding carboxylic acids is 1. The monoisotopic (exact) mass is 129 g/mol. The first-order chi connectivity index (χ1) is 4.18. The van der Waals surface area contributed by atoms with E-state index in [1.807, 2.05) is 0 Å². The lowest BCUT2D eigenvalue weighted by Gasteiger charge is -2.01. The molecule has 0 aliphatic heterocycles. The van der Waals surface area contributed by atoms with E-state index < -0.39 is 0 Å². The van der Waals surface area contributed by atoms with Crippen LogP contribution in [0.2, 0.25) is 0 Å². The van der Waals surface area contributed by atoms with E-state index >= 15 is 0 Å². The van der Waals surface area contributed by atoms with Crippen molar-refractivity contribution in [2.24, 2.45) is 5.73 Å². The Hall–Kier alpha value is -0.830. The van der Waals surface area contributed by atoms with Gasteiger partial charge in [-0.25, -0.2) is 0 Å². The van der Waals surface area contributed by atoms with Gasteiger partial charge in [-0.3, -0.25) is 4.79 Å². The fourth-order valence-electron chi connectivity index (χ4n) is 0.284. The molecule has 2 N–H and O–H groups in total. The van der Waals surface area contributed by atoms with Crippen molar-refractivity contribution in [1.82, 2.24) is 0 Å². The summed E-state index contributed by atoms with van der Waals surface area (Å²) in [6, 6.07) is 0. The Labute approximate surface area is 54.5 Å². The molecule has 0 aromatic heterocycles. The lowest BCUT2D eigenvalue weighted by Crippen LogP contribution is -2.10. The number of ether oxygens (including phenoxy) is 1. The third-order valence-electron chi connectivity index (χ3n) is 0.787. The van der Waals surface area contributed by atoms with Crippen LogP contribution >= 0.6 is 0 Å². The number of hydrogen-bond donors (Lipinski definition) is 1. The lowest BCUT2D eigenvalue weighted by molar-refractivity contribution is -0.116. The summed E-state index contributed by atoms with van der Waals surface area (Å²) >= 11 is 0. The second-order valence-corrected chi connectivity index (χ2v) is 1.62. The van der Waals surface area contributed by atoms with Gasteiger partial charge in [-0.2, -0.15) is 0 Å². The molecule has 0 aromatic carbocycles. The molecule has 52 valence electrons. The van der Waals surface area contributed by atoms with Gasteiger partial charge in [0.1, 0.15) is 6.61 Å². The van der Waals surface area contributed by atoms with E-state index in [1.54, 1.807) is 0 Å². The highest BCUT2D eigenvalue weighted by Crippen LogP contribution is 1.92. The van der Waals surface area contributed by atoms with Crippen LogP contribution in [0.15, 0.2) is 12.3 Å². The largest absolute Gasteiger partial charge is 0.489 e. The Kier molecular flexibility index (Phi) is 3.71. The van der Waals surface area contributed by atoms with Crippen LogP contribution in [0.3, 0.4) is 0 Å². The normalized spacial score (nSPS) is 8.67. The van der Waals surface area contributed by atoms with Gasteiger partial charge >= 0.3 is 0 Å². The molecule has 9 heavy (non-hydrogen) atoms. The molecule has 0 rings (SSSR count). The van der Waals surface area contributed by atoms with Crippen molar-refractivity contribution in [3.8, 4) is 0 Å². The van der Waals surface area contributed by atoms with Gasteiger partial charge in [-0.1, -0.05) is 6.58 Å². The number of ketones is 1. The molecule has 0 bridgehead atoms. The number of allylic oxidation sites excluding steroid dienone is 1. The Morgan fingerprint density at radius 1 is 1.78 bits per heavy atom. The summed E-state index contributed by atoms with van der Waals surface area (Å²) in [5.74, 6) is 0.0314. The average molecular weight is 129 g/mol. The minimum atomic E-state index is -0.150. The van der Waals surface area contributed by atoms with Gasteiger partial charge in [0.05, 0.1) is 0 Å². The molecule has 0 unspecified atom stereocenters. The number of Topliss-reactive ketones (excluding diaryl/α,β-unsaturated/α-hetero) is 1. The molecular weight excluding hydrogens is 118 g/mol. The molecule has 0 fully saturated rings. The van der Waals surface area contributed by atoms with Crippen LogP contribution < -0.4 is 5.73 Å². The quantitative estimate of drug-likeness (QED) is 0.431. The number of carbonyl (C=O) groups is 1. The van der Waals surface area contributed by atoms with Crippen LogP contribution in [0.4, 0.5) is 0 Å². The van der Waals surface area contributed by atoms with E-state index in [0.29, 0.717) is 13.2 Å². The molecule has 0 saturated carbocycles. The maximum atomic E-state index is 10.4. The minimum Gasteiger partial charge on any atom is -0.489 e. The molecule has 0 amide bonds. The first-order valence-electron chi connectivity index (χ1n) is 2.71. The molecule has 0 aliphatic rings. The second-order valence-electron chi connectivity index (χ2n) is 1.62. The second kappa shape index (κ2) is 4.09. The van der Waals surface area contributed by atoms with Gasteiger partial charge in [0, 0.05) is 13.5 Å². The van der Waals surface area contributed by atoms with Crippen LogP contribution in [0.1, 0.15) is 6.92 Å². The van der Waals surface area contributed by atoms with Crippen molar-refractivity contribution in [1.29, 1.82) is 0 Å². The van der Waals surface area contributed by atoms with Crippen molar-refractivity contribution >= 4 is 5.78 Å². The predicted octanol–water partition coefficient (Wildman–Crippen LogP) is 0.0644. The zero-order valence-corrected chi connectivity index (χ0v) is 5.52. The highest BCUT2D eigenvalue weighted by molar-refractivity contribution is 5.90. The van der Waals surface area contributed by atoms with Crippen LogP contribution in [-0.4, -0.2) is 18.9 Å². The summed E-state index contributed by atoms with van der Waals surface area (Å²) in [5, 5.41) is 0. The van der Waals surface area contributed by atoms with Crippen molar-refractivity contribution in [3.05, 3.63) is 12.3 Å². The smallest absolute Gasteiger partial charge is 0.193 e. The molecular formula is C6H11NO2. The Morgan fingerprint density at radius 3 is 2.67 bits per heavy atom. The molecule has 3 nitrogen and oxygen atoms in total. The Bertz CT molecular complexity index is 120. The molecule has 0 aliphatic carbocycles. The van der Waals surface area contributed by atoms with Crippen molar-refractivity contribution in [3.63, 3.8) is 0 Å². The molecule has 0 aromatic rings. The maximum absolute atomic E-state index is 10.4. The molecule has 3 heteroatoms. The number of hydrogen-bond acceptors (Lipinski definition) is 3. The lowest BCUT2D eigenvalue weighted by atomic mass is 10.4. The zero-order chi connectivity index (χ0) is 7.28. The van der Waals surface area contributed by atoms with E-state index in [9.17, 15) is 4.79 Å². The SMILES string of the molecule is C=C(OCCN)C(C)=O. The van der Waals surface area contributed by atoms with Gasteiger partial charge < -0.3 is 10.5 Å². The fraction of sp³-hybridized carbons (Fsp3) is 0.500. The van der Waals surface area contributed by atoms with Gasteiger partial charge in [-0.15, -0.1) is 0 Å². The van der Waals surface area contributed by atoms with Crippen LogP contribution in [0.5, 0.6) is 0 Å². The first-order valence-corrected chi connectivity index (χ1v) is 2.71. The van der Waals surface area contributed by atoms with Gasteiger partial charge in [0.15, 0.2) is 11.5 Å². The van der Waals surface area contributed by atoms with E-state index in [0.717, 1.165) is 0 Å². The van der Waals surface area contributed by atoms with E-state index in [4.69, 9.17) is 10.5 Å². The van der Waals surface area contributed by atoms with Crippen molar-refractivity contribution in [2.45, 2.75) is 6.92 Å². The Balaban J connectivity index is 3.39. The summed E-state index contributed by atoms with van der Waals surface area (Å²) in [5.41, 5.74) is 5.10. The highest BCUT2D eigenvalue weighted by Gasteiger charge is 1.97. The molecule has 0 atom stereocenters. The van der Waals surface area contributed by atoms with Gasteiger partial charge in [-0.05, 0) is 0 Å². The molecule has 0 heterocycles. The number of nitrogens with two attached hydrogens (primary N) is 1. The Morgan fingerprint density at radius 2 is 2.33 bits per heavy atom. The average Bonchev–Trinajstić information content (AvgIpc) is 1.82. The van der Waals surface area contributed by atoms with Gasteiger partial charge in [0.25, 0.3) is 0 Å². The highest BCUT2D eigenvalue weighted by atomic mass is 16.5. The summed E-state index contributed by atoms with van der Waals surface area (Å²) in [6.07, 6.45) is 0. The zero-order valence-electron chi connectivity index (χ0n) is 5.52. The molecule has 0 radical (unpaired) electrons. The molecule has 0 saturated heterocycles. The van der Waals surface area contributed by atoms with Crippen molar-refractivity contribution in [2.75, 3.05) is 13.2 Å². The fourth-order valence-corrected chi connectivity index (χ4v) is 0.284. The number of rotatable bonds is 4. The van der Waals surface area contributed by atoms with Crippen LogP contribution in [0.25, 0.3) is 0 Å². The predicted molar refractivity (Wildman–Crippen MR) is 34.8 cm³/mol. The third-order valence-corrected chi connectivity index (χ3v) is 0.787. The van der Waals surface area contributed by atoms with E-state index in [2.05, 4.69) is 6.58 Å². The molecule has 0 spiro atoms. The topological polar surface area (TPSA) is 52.3 Å². The maximum Gasteiger partial charge on any atom is 0.193 e. The van der Waals surface area contributed by atoms with Crippen LogP contribution in [0, 0.1) is 0 Å². The van der Waals surface area contributed by atoms with Crippen molar-refractivity contribution < 1.29 is 9.53 Å². The van der Waals surface area contributed by atoms with E-state index in [-0.39, 0.29) is 11.5 Å². The summed E-state index contributed by atoms with van der Waals surface area (Å²) in [6.45, 7) is 5.53. The van der Waals surface area contributed by atoms with Crippen LogP contribution in [-0.2, 0) is 9.53 Å². The minimum absolute atomic E-state index is 0.150. The standard InChI is InChI=1S/C6H11NO2/c1-5(8)6(2)9-4-3-7/h2-4,7H2,1H3. The summed E-state index contributed by atoms with van der Waals surface area (Å²) in [4.78, 5) is 10.4. The summed E-state index contributed by atoms with van der Waals surface area (Å²) in [7, 11) is 0. The summed E-state index contributed by atoms with van der Waals surface area (Å²) < 4.78 is 4.78.